The standard InChI is InChI=1S/C23H29N5O4S.C2H3N/c1-2-3-18-15-32-13-12-28(18)33(30,31)19-8-6-17(7-9-19)25-22-21-20(10-11-24-23(21)29)27(26-22)14-16-4-5-16;1-2-3/h6-11,16,18H,2-5,12-15H2,1H3,(H,24,29)(H,25,26);1H3/t18-;/m0./s1. The first-order chi connectivity index (χ1) is 17.4. The van der Waals surface area contributed by atoms with Gasteiger partial charge in [0.05, 0.1) is 29.7 Å². The summed E-state index contributed by atoms with van der Waals surface area (Å²) in [6, 6.07) is 10.1. The number of H-pyrrole nitrogens is 1. The van der Waals surface area contributed by atoms with E-state index >= 15 is 0 Å². The zero-order chi connectivity index (χ0) is 25.7. The van der Waals surface area contributed by atoms with Crippen molar-refractivity contribution in [3.63, 3.8) is 0 Å². The van der Waals surface area contributed by atoms with E-state index in [1.165, 1.54) is 19.8 Å². The van der Waals surface area contributed by atoms with E-state index < -0.39 is 10.0 Å². The highest BCUT2D eigenvalue weighted by molar-refractivity contribution is 7.89. The van der Waals surface area contributed by atoms with Crippen LogP contribution in [0.5, 0.6) is 0 Å². The number of anilines is 2. The molecule has 0 bridgehead atoms. The first-order valence-corrected chi connectivity index (χ1v) is 13.7. The monoisotopic (exact) mass is 512 g/mol. The number of morpholine rings is 1. The number of nitrogens with one attached hydrogen (secondary N) is 2. The molecular formula is C25H32N6O4S. The van der Waals surface area contributed by atoms with E-state index in [1.54, 1.807) is 40.8 Å². The summed E-state index contributed by atoms with van der Waals surface area (Å²) in [4.78, 5) is 15.5. The lowest BCUT2D eigenvalue weighted by Crippen LogP contribution is -2.48. The van der Waals surface area contributed by atoms with Crippen molar-refractivity contribution in [2.24, 2.45) is 5.92 Å². The Morgan fingerprint density at radius 1 is 1.25 bits per heavy atom. The van der Waals surface area contributed by atoms with Gasteiger partial charge in [0.15, 0.2) is 5.82 Å². The number of nitriles is 1. The van der Waals surface area contributed by atoms with E-state index in [1.807, 2.05) is 17.7 Å². The fraction of sp³-hybridized carbons (Fsp3) is 0.480. The number of hydrogen-bond acceptors (Lipinski definition) is 7. The molecule has 1 saturated carbocycles. The average molecular weight is 513 g/mol. The summed E-state index contributed by atoms with van der Waals surface area (Å²) in [6.45, 7) is 5.46. The molecule has 2 fully saturated rings. The van der Waals surface area contributed by atoms with Crippen molar-refractivity contribution in [2.75, 3.05) is 25.1 Å². The smallest absolute Gasteiger partial charge is 0.261 e. The van der Waals surface area contributed by atoms with Gasteiger partial charge >= 0.3 is 0 Å². The van der Waals surface area contributed by atoms with Crippen LogP contribution < -0.4 is 10.9 Å². The second-order valence-corrected chi connectivity index (χ2v) is 10.9. The van der Waals surface area contributed by atoms with Crippen molar-refractivity contribution in [1.82, 2.24) is 19.1 Å². The van der Waals surface area contributed by atoms with E-state index in [0.717, 1.165) is 24.9 Å². The fourth-order valence-electron chi connectivity index (χ4n) is 4.41. The summed E-state index contributed by atoms with van der Waals surface area (Å²) < 4.78 is 35.5. The Morgan fingerprint density at radius 2 is 1.97 bits per heavy atom. The quantitative estimate of drug-likeness (QED) is 0.471. The van der Waals surface area contributed by atoms with Gasteiger partial charge in [-0.2, -0.15) is 14.7 Å². The summed E-state index contributed by atoms with van der Waals surface area (Å²) in [5.74, 6) is 1.08. The molecule has 10 nitrogen and oxygen atoms in total. The van der Waals surface area contributed by atoms with Crippen LogP contribution in [0, 0.1) is 17.2 Å². The zero-order valence-electron chi connectivity index (χ0n) is 20.6. The highest BCUT2D eigenvalue weighted by atomic mass is 32.2. The molecule has 2 aromatic heterocycles. The van der Waals surface area contributed by atoms with Gasteiger partial charge in [0.25, 0.3) is 5.56 Å². The summed E-state index contributed by atoms with van der Waals surface area (Å²) in [6.07, 6.45) is 5.67. The minimum atomic E-state index is -3.62. The van der Waals surface area contributed by atoms with Crippen molar-refractivity contribution in [3.05, 3.63) is 46.9 Å². The number of sulfonamides is 1. The molecule has 0 unspecified atom stereocenters. The third-order valence-corrected chi connectivity index (χ3v) is 8.29. The first-order valence-electron chi connectivity index (χ1n) is 12.2. The summed E-state index contributed by atoms with van der Waals surface area (Å²) >= 11 is 0. The number of hydrogen-bond donors (Lipinski definition) is 2. The number of ether oxygens (including phenoxy) is 1. The lowest BCUT2D eigenvalue weighted by Gasteiger charge is -2.34. The Kier molecular flexibility index (Phi) is 8.08. The Balaban J connectivity index is 0.000000967. The summed E-state index contributed by atoms with van der Waals surface area (Å²) in [5.41, 5.74) is 1.26. The van der Waals surface area contributed by atoms with Crippen LogP contribution in [-0.2, 0) is 21.3 Å². The van der Waals surface area contributed by atoms with Gasteiger partial charge in [-0.25, -0.2) is 8.42 Å². The molecule has 5 rings (SSSR count). The van der Waals surface area contributed by atoms with Crippen LogP contribution in [0.4, 0.5) is 11.5 Å². The van der Waals surface area contributed by atoms with Crippen molar-refractivity contribution < 1.29 is 13.2 Å². The van der Waals surface area contributed by atoms with Crippen LogP contribution in [0.25, 0.3) is 10.9 Å². The van der Waals surface area contributed by atoms with E-state index in [-0.39, 0.29) is 16.5 Å². The second-order valence-electron chi connectivity index (χ2n) is 9.05. The largest absolute Gasteiger partial charge is 0.378 e. The lowest BCUT2D eigenvalue weighted by molar-refractivity contribution is 0.0294. The number of fused-ring (bicyclic) bond motifs is 1. The second kappa shape index (κ2) is 11.2. The van der Waals surface area contributed by atoms with Crippen LogP contribution in [0.15, 0.2) is 46.2 Å². The van der Waals surface area contributed by atoms with Crippen LogP contribution in [-0.4, -0.2) is 53.3 Å². The van der Waals surface area contributed by atoms with Gasteiger partial charge < -0.3 is 15.0 Å². The van der Waals surface area contributed by atoms with E-state index in [0.29, 0.717) is 42.6 Å². The van der Waals surface area contributed by atoms with Crippen molar-refractivity contribution in [2.45, 2.75) is 57.0 Å². The molecule has 0 amide bonds. The van der Waals surface area contributed by atoms with Crippen LogP contribution in [0.3, 0.4) is 0 Å². The number of aromatic amines is 1. The lowest BCUT2D eigenvalue weighted by atomic mass is 10.1. The Hall–Kier alpha value is -3.20. The van der Waals surface area contributed by atoms with E-state index in [2.05, 4.69) is 15.4 Å². The predicted octanol–water partition coefficient (Wildman–Crippen LogP) is 3.60. The van der Waals surface area contributed by atoms with Gasteiger partial charge in [-0.05, 0) is 55.5 Å². The maximum absolute atomic E-state index is 13.3. The van der Waals surface area contributed by atoms with Gasteiger partial charge in [-0.3, -0.25) is 9.48 Å². The zero-order valence-corrected chi connectivity index (χ0v) is 21.4. The molecule has 11 heteroatoms. The first kappa shape index (κ1) is 25.9. The number of benzene rings is 1. The minimum Gasteiger partial charge on any atom is -0.378 e. The molecule has 36 heavy (non-hydrogen) atoms. The number of aromatic nitrogens is 3. The molecule has 2 aliphatic rings. The third kappa shape index (κ3) is 5.61. The van der Waals surface area contributed by atoms with Gasteiger partial charge in [0.2, 0.25) is 10.0 Å². The average Bonchev–Trinajstić information content (AvgIpc) is 3.62. The molecule has 1 aromatic carbocycles. The van der Waals surface area contributed by atoms with E-state index in [4.69, 9.17) is 10.00 Å². The Bertz CT molecular complexity index is 1380. The highest BCUT2D eigenvalue weighted by Crippen LogP contribution is 2.33. The van der Waals surface area contributed by atoms with Crippen LogP contribution in [0.2, 0.25) is 0 Å². The molecule has 192 valence electrons. The van der Waals surface area contributed by atoms with E-state index in [9.17, 15) is 13.2 Å². The molecule has 2 N–H and O–H groups in total. The van der Waals surface area contributed by atoms with Crippen molar-refractivity contribution in [1.29, 1.82) is 5.26 Å². The van der Waals surface area contributed by atoms with Crippen LogP contribution in [0.1, 0.15) is 39.5 Å². The molecule has 1 aliphatic heterocycles. The number of nitrogens with zero attached hydrogens (tertiary/aromatic N) is 4. The maximum atomic E-state index is 13.3. The molecule has 3 heterocycles. The summed E-state index contributed by atoms with van der Waals surface area (Å²) in [7, 11) is -3.62. The highest BCUT2D eigenvalue weighted by Gasteiger charge is 2.33. The molecule has 3 aromatic rings. The van der Waals surface area contributed by atoms with Gasteiger partial charge in [-0.1, -0.05) is 13.3 Å². The molecule has 1 atom stereocenters. The maximum Gasteiger partial charge on any atom is 0.261 e. The molecular weight excluding hydrogens is 480 g/mol. The molecule has 1 aliphatic carbocycles. The van der Waals surface area contributed by atoms with Crippen molar-refractivity contribution in [3.8, 4) is 6.07 Å². The molecule has 0 radical (unpaired) electrons. The third-order valence-electron chi connectivity index (χ3n) is 6.32. The number of pyridine rings is 1. The minimum absolute atomic E-state index is 0.139. The fourth-order valence-corrected chi connectivity index (χ4v) is 6.03. The van der Waals surface area contributed by atoms with Crippen LogP contribution >= 0.6 is 0 Å². The topological polar surface area (TPSA) is 133 Å². The Labute approximate surface area is 210 Å². The SMILES string of the molecule is CC#N.CCC[C@H]1COCCN1S(=O)(=O)c1ccc(Nc2nn(CC3CC3)c3cc[nH]c(=O)c23)cc1. The normalized spacial score (nSPS) is 18.3. The summed E-state index contributed by atoms with van der Waals surface area (Å²) in [5, 5.41) is 15.7. The Morgan fingerprint density at radius 3 is 2.64 bits per heavy atom. The predicted molar refractivity (Wildman–Crippen MR) is 137 cm³/mol. The van der Waals surface area contributed by atoms with Gasteiger partial charge in [0.1, 0.15) is 5.39 Å². The van der Waals surface area contributed by atoms with Gasteiger partial charge in [0, 0.05) is 37.9 Å². The molecule has 0 spiro atoms. The number of rotatable bonds is 8. The molecule has 1 saturated heterocycles. The van der Waals surface area contributed by atoms with Crippen molar-refractivity contribution >= 4 is 32.4 Å². The van der Waals surface area contributed by atoms with Gasteiger partial charge in [-0.15, -0.1) is 0 Å².